The minimum absolute atomic E-state index is 0.0293. The van der Waals surface area contributed by atoms with Crippen molar-refractivity contribution in [1.29, 1.82) is 0 Å². The van der Waals surface area contributed by atoms with Gasteiger partial charge in [-0.05, 0) is 18.6 Å². The van der Waals surface area contributed by atoms with Crippen molar-refractivity contribution >= 4 is 17.9 Å². The summed E-state index contributed by atoms with van der Waals surface area (Å²) in [7, 11) is 0. The molecule has 0 saturated carbocycles. The third kappa shape index (κ3) is 7.07. The van der Waals surface area contributed by atoms with Gasteiger partial charge < -0.3 is 5.32 Å². The Labute approximate surface area is 121 Å². The van der Waals surface area contributed by atoms with Crippen molar-refractivity contribution in [3.8, 4) is 0 Å². The van der Waals surface area contributed by atoms with Crippen LogP contribution in [0.3, 0.4) is 0 Å². The summed E-state index contributed by atoms with van der Waals surface area (Å²) >= 11 is 0. The van der Waals surface area contributed by atoms with E-state index in [0.29, 0.717) is 17.7 Å². The first kappa shape index (κ1) is 16.4. The van der Waals surface area contributed by atoms with Gasteiger partial charge in [0.2, 0.25) is 5.91 Å². The monoisotopic (exact) mass is 275 g/mol. The van der Waals surface area contributed by atoms with Crippen LogP contribution in [0, 0.1) is 0 Å². The Morgan fingerprint density at radius 3 is 2.50 bits per heavy atom. The predicted molar refractivity (Wildman–Crippen MR) is 83.1 cm³/mol. The third-order valence-corrected chi connectivity index (χ3v) is 3.31. The molecule has 0 radical (unpaired) electrons. The van der Waals surface area contributed by atoms with Gasteiger partial charge in [0.25, 0.3) is 0 Å². The number of carbonyl (C=O) groups excluding carboxylic acids is 2. The minimum Gasteiger partial charge on any atom is -0.326 e. The number of aldehydes is 1. The largest absolute Gasteiger partial charge is 0.326 e. The number of unbranched alkanes of at least 4 members (excludes halogenated alkanes) is 6. The molecule has 0 atom stereocenters. The van der Waals surface area contributed by atoms with Gasteiger partial charge in [-0.25, -0.2) is 0 Å². The molecular formula is C17H25NO2. The van der Waals surface area contributed by atoms with Crippen LogP contribution >= 0.6 is 0 Å². The number of rotatable bonds is 10. The molecule has 20 heavy (non-hydrogen) atoms. The summed E-state index contributed by atoms with van der Waals surface area (Å²) in [6, 6.07) is 6.98. The number of amides is 1. The van der Waals surface area contributed by atoms with Crippen LogP contribution < -0.4 is 5.32 Å². The van der Waals surface area contributed by atoms with Gasteiger partial charge in [-0.3, -0.25) is 9.59 Å². The summed E-state index contributed by atoms with van der Waals surface area (Å²) in [5.41, 5.74) is 1.28. The highest BCUT2D eigenvalue weighted by Crippen LogP contribution is 2.12. The first-order valence-corrected chi connectivity index (χ1v) is 7.61. The molecule has 1 rings (SSSR count). The van der Waals surface area contributed by atoms with Gasteiger partial charge in [0.15, 0.2) is 0 Å². The van der Waals surface area contributed by atoms with Crippen LogP contribution in [0.1, 0.15) is 68.6 Å². The lowest BCUT2D eigenvalue weighted by Gasteiger charge is -2.05. The van der Waals surface area contributed by atoms with E-state index in [1.165, 1.54) is 32.1 Å². The fraction of sp³-hybridized carbons (Fsp3) is 0.529. The van der Waals surface area contributed by atoms with Crippen LogP contribution in [0.5, 0.6) is 0 Å². The van der Waals surface area contributed by atoms with E-state index < -0.39 is 0 Å². The summed E-state index contributed by atoms with van der Waals surface area (Å²) in [5.74, 6) is 0.0293. The van der Waals surface area contributed by atoms with Crippen molar-refractivity contribution in [2.24, 2.45) is 0 Å². The fourth-order valence-electron chi connectivity index (χ4n) is 2.16. The maximum atomic E-state index is 11.7. The molecule has 0 aromatic heterocycles. The molecule has 0 bridgehead atoms. The quantitative estimate of drug-likeness (QED) is 0.502. The van der Waals surface area contributed by atoms with E-state index in [4.69, 9.17) is 0 Å². The van der Waals surface area contributed by atoms with Crippen molar-refractivity contribution in [1.82, 2.24) is 0 Å². The lowest BCUT2D eigenvalue weighted by atomic mass is 10.1. The van der Waals surface area contributed by atoms with Gasteiger partial charge in [-0.15, -0.1) is 0 Å². The van der Waals surface area contributed by atoms with Gasteiger partial charge in [0.1, 0.15) is 6.29 Å². The molecule has 3 heteroatoms. The second-order valence-corrected chi connectivity index (χ2v) is 5.16. The molecule has 0 aliphatic rings. The van der Waals surface area contributed by atoms with Gasteiger partial charge in [-0.2, -0.15) is 0 Å². The summed E-state index contributed by atoms with van der Waals surface area (Å²) < 4.78 is 0. The molecule has 0 unspecified atom stereocenters. The van der Waals surface area contributed by atoms with Gasteiger partial charge in [0, 0.05) is 17.7 Å². The zero-order chi connectivity index (χ0) is 14.6. The maximum absolute atomic E-state index is 11.7. The van der Waals surface area contributed by atoms with Crippen molar-refractivity contribution < 1.29 is 9.59 Å². The Balaban J connectivity index is 2.15. The molecule has 1 amide bonds. The zero-order valence-corrected chi connectivity index (χ0v) is 12.4. The Morgan fingerprint density at radius 2 is 1.80 bits per heavy atom. The topological polar surface area (TPSA) is 46.2 Å². The highest BCUT2D eigenvalue weighted by molar-refractivity contribution is 5.91. The van der Waals surface area contributed by atoms with Crippen LogP contribution in [0.2, 0.25) is 0 Å². The predicted octanol–water partition coefficient (Wildman–Crippen LogP) is 4.58. The number of nitrogens with one attached hydrogen (secondary N) is 1. The van der Waals surface area contributed by atoms with Crippen LogP contribution in [-0.4, -0.2) is 12.2 Å². The SMILES string of the molecule is CCCCCCCCCC(=O)Nc1cccc(C=O)c1. The van der Waals surface area contributed by atoms with E-state index in [1.807, 2.05) is 0 Å². The van der Waals surface area contributed by atoms with E-state index in [9.17, 15) is 9.59 Å². The van der Waals surface area contributed by atoms with Gasteiger partial charge in [-0.1, -0.05) is 57.6 Å². The smallest absolute Gasteiger partial charge is 0.224 e. The van der Waals surface area contributed by atoms with Crippen molar-refractivity contribution in [2.45, 2.75) is 58.3 Å². The molecule has 3 nitrogen and oxygen atoms in total. The number of carbonyl (C=O) groups is 2. The standard InChI is InChI=1S/C17H25NO2/c1-2-3-4-5-6-7-8-12-17(20)18-16-11-9-10-15(13-16)14-19/h9-11,13-14H,2-8,12H2,1H3,(H,18,20). The Hall–Kier alpha value is -1.64. The molecule has 0 heterocycles. The summed E-state index contributed by atoms with van der Waals surface area (Å²) in [6.07, 6.45) is 9.77. The summed E-state index contributed by atoms with van der Waals surface area (Å²) in [4.78, 5) is 22.4. The molecule has 0 spiro atoms. The summed E-state index contributed by atoms with van der Waals surface area (Å²) in [6.45, 7) is 2.21. The second-order valence-electron chi connectivity index (χ2n) is 5.16. The van der Waals surface area contributed by atoms with E-state index in [0.717, 1.165) is 19.1 Å². The molecule has 0 aliphatic heterocycles. The Kier molecular flexibility index (Phi) is 8.36. The van der Waals surface area contributed by atoms with Crippen molar-refractivity contribution in [3.05, 3.63) is 29.8 Å². The van der Waals surface area contributed by atoms with E-state index in [1.54, 1.807) is 24.3 Å². The van der Waals surface area contributed by atoms with Crippen LogP contribution in [0.15, 0.2) is 24.3 Å². The van der Waals surface area contributed by atoms with Gasteiger partial charge >= 0.3 is 0 Å². The average Bonchev–Trinajstić information content (AvgIpc) is 2.46. The zero-order valence-electron chi connectivity index (χ0n) is 12.4. The fourth-order valence-corrected chi connectivity index (χ4v) is 2.16. The lowest BCUT2D eigenvalue weighted by Crippen LogP contribution is -2.11. The highest BCUT2D eigenvalue weighted by Gasteiger charge is 2.02. The number of hydrogen-bond donors (Lipinski definition) is 1. The summed E-state index contributed by atoms with van der Waals surface area (Å²) in [5, 5.41) is 2.83. The molecule has 1 N–H and O–H groups in total. The number of benzene rings is 1. The lowest BCUT2D eigenvalue weighted by molar-refractivity contribution is -0.116. The molecule has 0 aliphatic carbocycles. The van der Waals surface area contributed by atoms with E-state index >= 15 is 0 Å². The highest BCUT2D eigenvalue weighted by atomic mass is 16.1. The molecule has 1 aromatic rings. The Bertz CT molecular complexity index is 415. The normalized spacial score (nSPS) is 10.2. The average molecular weight is 275 g/mol. The van der Waals surface area contributed by atoms with Crippen molar-refractivity contribution in [3.63, 3.8) is 0 Å². The molecular weight excluding hydrogens is 250 g/mol. The van der Waals surface area contributed by atoms with Crippen LogP contribution in [0.25, 0.3) is 0 Å². The molecule has 110 valence electrons. The van der Waals surface area contributed by atoms with Crippen LogP contribution in [-0.2, 0) is 4.79 Å². The number of anilines is 1. The molecule has 1 aromatic carbocycles. The number of hydrogen-bond acceptors (Lipinski definition) is 2. The Morgan fingerprint density at radius 1 is 1.10 bits per heavy atom. The third-order valence-electron chi connectivity index (χ3n) is 3.31. The van der Waals surface area contributed by atoms with E-state index in [2.05, 4.69) is 12.2 Å². The van der Waals surface area contributed by atoms with E-state index in [-0.39, 0.29) is 5.91 Å². The van der Waals surface area contributed by atoms with Crippen molar-refractivity contribution in [2.75, 3.05) is 5.32 Å². The first-order chi connectivity index (χ1) is 9.76. The minimum atomic E-state index is 0.0293. The van der Waals surface area contributed by atoms with Gasteiger partial charge in [0.05, 0.1) is 0 Å². The first-order valence-electron chi connectivity index (χ1n) is 7.61. The second kappa shape index (κ2) is 10.2. The molecule has 0 saturated heterocycles. The maximum Gasteiger partial charge on any atom is 0.224 e. The molecule has 0 fully saturated rings. The van der Waals surface area contributed by atoms with Crippen LogP contribution in [0.4, 0.5) is 5.69 Å².